The zero-order valence-electron chi connectivity index (χ0n) is 12.6. The Morgan fingerprint density at radius 1 is 1.29 bits per heavy atom. The van der Waals surface area contributed by atoms with Crippen LogP contribution in [-0.4, -0.2) is 18.4 Å². The van der Waals surface area contributed by atoms with Crippen molar-refractivity contribution in [3.63, 3.8) is 0 Å². The number of carbonyl (C=O) groups is 2. The first-order valence-corrected chi connectivity index (χ1v) is 7.06. The predicted octanol–water partition coefficient (Wildman–Crippen LogP) is 1.92. The Kier molecular flexibility index (Phi) is 4.15. The van der Waals surface area contributed by atoms with E-state index in [4.69, 9.17) is 5.73 Å². The molecule has 1 aliphatic heterocycles. The summed E-state index contributed by atoms with van der Waals surface area (Å²) in [7, 11) is 0. The molecule has 1 fully saturated rings. The van der Waals surface area contributed by atoms with E-state index in [-0.39, 0.29) is 24.2 Å². The number of carbonyl (C=O) groups excluding carboxylic acids is 2. The minimum Gasteiger partial charge on any atom is -0.320 e. The second-order valence-corrected chi connectivity index (χ2v) is 5.84. The summed E-state index contributed by atoms with van der Waals surface area (Å²) in [5.41, 5.74) is 6.13. The quantitative estimate of drug-likeness (QED) is 0.666. The lowest BCUT2D eigenvalue weighted by molar-refractivity contribution is -0.126. The Morgan fingerprint density at radius 3 is 2.38 bits per heavy atom. The predicted molar refractivity (Wildman–Crippen MR) is 82.4 cm³/mol. The number of benzene rings is 1. The van der Waals surface area contributed by atoms with E-state index in [1.807, 2.05) is 20.8 Å². The molecule has 2 amide bonds. The van der Waals surface area contributed by atoms with Gasteiger partial charge in [0.15, 0.2) is 0 Å². The maximum absolute atomic E-state index is 12.6. The molecule has 1 saturated heterocycles. The van der Waals surface area contributed by atoms with Gasteiger partial charge < -0.3 is 5.73 Å². The Labute approximate surface area is 125 Å². The molecular weight excluding hydrogens is 264 g/mol. The molecule has 0 bridgehead atoms. The SMILES string of the molecule is CC(C)C1(C)CC(=O)N(c2ccc(C#CCN)cc2)C1=O. The molecule has 1 heterocycles. The van der Waals surface area contributed by atoms with Gasteiger partial charge in [-0.05, 0) is 37.1 Å². The molecule has 0 radical (unpaired) electrons. The molecule has 4 nitrogen and oxygen atoms in total. The zero-order valence-corrected chi connectivity index (χ0v) is 12.6. The average molecular weight is 284 g/mol. The Balaban J connectivity index is 2.30. The van der Waals surface area contributed by atoms with E-state index in [1.54, 1.807) is 24.3 Å². The van der Waals surface area contributed by atoms with Crippen LogP contribution in [0.4, 0.5) is 5.69 Å². The molecule has 1 aromatic rings. The van der Waals surface area contributed by atoms with E-state index in [0.29, 0.717) is 12.2 Å². The van der Waals surface area contributed by atoms with Crippen molar-refractivity contribution in [2.45, 2.75) is 27.2 Å². The van der Waals surface area contributed by atoms with Crippen LogP contribution >= 0.6 is 0 Å². The number of nitrogens with two attached hydrogens (primary N) is 1. The average Bonchev–Trinajstić information content (AvgIpc) is 2.69. The molecule has 0 aromatic heterocycles. The van der Waals surface area contributed by atoms with E-state index in [0.717, 1.165) is 5.56 Å². The molecule has 1 unspecified atom stereocenters. The molecular formula is C17H20N2O2. The third-order valence-electron chi connectivity index (χ3n) is 4.19. The van der Waals surface area contributed by atoms with Gasteiger partial charge in [-0.15, -0.1) is 0 Å². The summed E-state index contributed by atoms with van der Waals surface area (Å²) in [6, 6.07) is 7.10. The van der Waals surface area contributed by atoms with Crippen LogP contribution in [0.2, 0.25) is 0 Å². The number of rotatable bonds is 2. The lowest BCUT2D eigenvalue weighted by Crippen LogP contribution is -2.36. The molecule has 0 saturated carbocycles. The van der Waals surface area contributed by atoms with Gasteiger partial charge in [-0.2, -0.15) is 0 Å². The highest BCUT2D eigenvalue weighted by Crippen LogP contribution is 2.41. The number of hydrogen-bond donors (Lipinski definition) is 1. The highest BCUT2D eigenvalue weighted by atomic mass is 16.2. The molecule has 110 valence electrons. The molecule has 2 rings (SSSR count). The number of imide groups is 1. The summed E-state index contributed by atoms with van der Waals surface area (Å²) in [6.45, 7) is 6.11. The van der Waals surface area contributed by atoms with Gasteiger partial charge in [0, 0.05) is 12.0 Å². The van der Waals surface area contributed by atoms with Crippen LogP contribution in [0.5, 0.6) is 0 Å². The summed E-state index contributed by atoms with van der Waals surface area (Å²) in [4.78, 5) is 26.1. The fourth-order valence-corrected chi connectivity index (χ4v) is 2.40. The van der Waals surface area contributed by atoms with E-state index < -0.39 is 5.41 Å². The smallest absolute Gasteiger partial charge is 0.240 e. The van der Waals surface area contributed by atoms with Crippen LogP contribution in [0.3, 0.4) is 0 Å². The maximum atomic E-state index is 12.6. The largest absolute Gasteiger partial charge is 0.320 e. The van der Waals surface area contributed by atoms with Gasteiger partial charge in [0.25, 0.3) is 0 Å². The van der Waals surface area contributed by atoms with Gasteiger partial charge in [0.05, 0.1) is 17.6 Å². The van der Waals surface area contributed by atoms with Crippen LogP contribution in [0, 0.1) is 23.2 Å². The van der Waals surface area contributed by atoms with Crippen LogP contribution in [0.1, 0.15) is 32.8 Å². The van der Waals surface area contributed by atoms with E-state index in [1.165, 1.54) is 4.90 Å². The Hall–Kier alpha value is -2.12. The molecule has 2 N–H and O–H groups in total. The van der Waals surface area contributed by atoms with Crippen LogP contribution < -0.4 is 10.6 Å². The standard InChI is InChI=1S/C17H20N2O2/c1-12(2)17(3)11-15(20)19(16(17)21)14-8-6-13(7-9-14)5-4-10-18/h6-9,12H,10-11,18H2,1-3H3. The van der Waals surface area contributed by atoms with Gasteiger partial charge in [0.2, 0.25) is 11.8 Å². The molecule has 1 aliphatic rings. The Morgan fingerprint density at radius 2 is 1.90 bits per heavy atom. The van der Waals surface area contributed by atoms with Crippen molar-refractivity contribution < 1.29 is 9.59 Å². The maximum Gasteiger partial charge on any atom is 0.240 e. The van der Waals surface area contributed by atoms with Crippen LogP contribution in [-0.2, 0) is 9.59 Å². The molecule has 1 aromatic carbocycles. The highest BCUT2D eigenvalue weighted by molar-refractivity contribution is 6.22. The molecule has 0 spiro atoms. The first-order chi connectivity index (χ1) is 9.90. The molecule has 4 heteroatoms. The fraction of sp³-hybridized carbons (Fsp3) is 0.412. The second-order valence-electron chi connectivity index (χ2n) is 5.84. The minimum absolute atomic E-state index is 0.119. The lowest BCUT2D eigenvalue weighted by atomic mass is 9.78. The lowest BCUT2D eigenvalue weighted by Gasteiger charge is -2.26. The summed E-state index contributed by atoms with van der Waals surface area (Å²) in [6.07, 6.45) is 0.262. The fourth-order valence-electron chi connectivity index (χ4n) is 2.40. The number of amides is 2. The monoisotopic (exact) mass is 284 g/mol. The number of anilines is 1. The topological polar surface area (TPSA) is 63.4 Å². The summed E-state index contributed by atoms with van der Waals surface area (Å²) in [5.74, 6) is 5.54. The normalized spacial score (nSPS) is 21.7. The van der Waals surface area contributed by atoms with E-state index >= 15 is 0 Å². The molecule has 0 aliphatic carbocycles. The van der Waals surface area contributed by atoms with E-state index in [9.17, 15) is 9.59 Å². The first-order valence-electron chi connectivity index (χ1n) is 7.06. The molecule has 1 atom stereocenters. The van der Waals surface area contributed by atoms with Crippen molar-refractivity contribution in [1.29, 1.82) is 0 Å². The van der Waals surface area contributed by atoms with Gasteiger partial charge in [-0.3, -0.25) is 14.5 Å². The second kappa shape index (κ2) is 5.71. The molecule has 21 heavy (non-hydrogen) atoms. The van der Waals surface area contributed by atoms with Crippen LogP contribution in [0.15, 0.2) is 24.3 Å². The van der Waals surface area contributed by atoms with Gasteiger partial charge in [-0.1, -0.05) is 25.7 Å². The van der Waals surface area contributed by atoms with Crippen LogP contribution in [0.25, 0.3) is 0 Å². The number of hydrogen-bond acceptors (Lipinski definition) is 3. The van der Waals surface area contributed by atoms with Crippen molar-refractivity contribution in [2.24, 2.45) is 17.1 Å². The van der Waals surface area contributed by atoms with Crippen molar-refractivity contribution in [3.8, 4) is 11.8 Å². The number of nitrogens with zero attached hydrogens (tertiary/aromatic N) is 1. The summed E-state index contributed by atoms with van der Waals surface area (Å²) in [5, 5.41) is 0. The highest BCUT2D eigenvalue weighted by Gasteiger charge is 2.50. The third-order valence-corrected chi connectivity index (χ3v) is 4.19. The van der Waals surface area contributed by atoms with Crippen molar-refractivity contribution in [3.05, 3.63) is 29.8 Å². The first kappa shape index (κ1) is 15.3. The van der Waals surface area contributed by atoms with Crippen molar-refractivity contribution in [2.75, 3.05) is 11.4 Å². The van der Waals surface area contributed by atoms with Crippen molar-refractivity contribution in [1.82, 2.24) is 0 Å². The summed E-state index contributed by atoms with van der Waals surface area (Å²) >= 11 is 0. The third kappa shape index (κ3) is 2.70. The van der Waals surface area contributed by atoms with Gasteiger partial charge in [0.1, 0.15) is 0 Å². The Bertz CT molecular complexity index is 622. The van der Waals surface area contributed by atoms with Gasteiger partial charge in [-0.25, -0.2) is 0 Å². The van der Waals surface area contributed by atoms with Gasteiger partial charge >= 0.3 is 0 Å². The minimum atomic E-state index is -0.616. The van der Waals surface area contributed by atoms with E-state index in [2.05, 4.69) is 11.8 Å². The van der Waals surface area contributed by atoms with Crippen molar-refractivity contribution >= 4 is 17.5 Å². The summed E-state index contributed by atoms with van der Waals surface area (Å²) < 4.78 is 0. The zero-order chi connectivity index (χ0) is 15.6.